The molecule has 176 valence electrons. The van der Waals surface area contributed by atoms with Crippen molar-refractivity contribution in [3.05, 3.63) is 57.7 Å². The van der Waals surface area contributed by atoms with Crippen LogP contribution in [0.15, 0.2) is 35.1 Å². The molecule has 0 saturated heterocycles. The molecule has 1 aromatic carbocycles. The van der Waals surface area contributed by atoms with Crippen LogP contribution >= 0.6 is 23.2 Å². The number of carbonyl (C=O) groups excluding carboxylic acids is 1. The molecule has 1 atom stereocenters. The number of nitrogens with one attached hydrogen (secondary N) is 1. The summed E-state index contributed by atoms with van der Waals surface area (Å²) in [4.78, 5) is 17.8. The van der Waals surface area contributed by atoms with Crippen LogP contribution in [0.25, 0.3) is 16.5 Å². The van der Waals surface area contributed by atoms with Crippen molar-refractivity contribution in [3.8, 4) is 18.1 Å². The highest BCUT2D eigenvalue weighted by Gasteiger charge is 2.26. The number of nitrogens with two attached hydrogens (primary N) is 1. The number of urea groups is 1. The fourth-order valence-electron chi connectivity index (χ4n) is 3.89. The summed E-state index contributed by atoms with van der Waals surface area (Å²) in [5, 5.41) is 3.33. The van der Waals surface area contributed by atoms with Crippen LogP contribution in [-0.2, 0) is 0 Å². The van der Waals surface area contributed by atoms with Crippen molar-refractivity contribution in [1.29, 1.82) is 0 Å². The third-order valence-corrected chi connectivity index (χ3v) is 6.34. The SMILES string of the molecule is C#CCC(Oc1c(N)ncc2c(C3=CCN(C(=O)NC)CC3)coc12)c1c(Cl)ccc(F)c1Cl. The van der Waals surface area contributed by atoms with Gasteiger partial charge in [-0.3, -0.25) is 0 Å². The number of fused-ring (bicyclic) bond motifs is 1. The zero-order chi connectivity index (χ0) is 24.4. The van der Waals surface area contributed by atoms with Crippen molar-refractivity contribution >= 4 is 51.6 Å². The van der Waals surface area contributed by atoms with Crippen LogP contribution < -0.4 is 15.8 Å². The van der Waals surface area contributed by atoms with Crippen LogP contribution in [0.3, 0.4) is 0 Å². The molecule has 1 aliphatic heterocycles. The number of benzene rings is 1. The number of amides is 2. The number of ether oxygens (including phenoxy) is 1. The van der Waals surface area contributed by atoms with Gasteiger partial charge in [0, 0.05) is 42.5 Å². The van der Waals surface area contributed by atoms with Crippen LogP contribution in [-0.4, -0.2) is 36.1 Å². The molecule has 0 radical (unpaired) electrons. The molecule has 3 N–H and O–H groups in total. The Morgan fingerprint density at radius 3 is 2.94 bits per heavy atom. The third kappa shape index (κ3) is 4.37. The van der Waals surface area contributed by atoms with Crippen molar-refractivity contribution in [1.82, 2.24) is 15.2 Å². The van der Waals surface area contributed by atoms with Gasteiger partial charge in [0.1, 0.15) is 11.9 Å². The Hall–Kier alpha value is -3.41. The van der Waals surface area contributed by atoms with E-state index < -0.39 is 11.9 Å². The predicted molar refractivity (Wildman–Crippen MR) is 130 cm³/mol. The first kappa shape index (κ1) is 23.7. The first-order valence-corrected chi connectivity index (χ1v) is 11.2. The third-order valence-electron chi connectivity index (χ3n) is 5.62. The minimum atomic E-state index is -0.890. The van der Waals surface area contributed by atoms with Crippen LogP contribution in [0.4, 0.5) is 15.0 Å². The predicted octanol–water partition coefficient (Wildman–Crippen LogP) is 5.43. The highest BCUT2D eigenvalue weighted by Crippen LogP contribution is 2.42. The first-order chi connectivity index (χ1) is 16.3. The van der Waals surface area contributed by atoms with Gasteiger partial charge < -0.3 is 25.1 Å². The van der Waals surface area contributed by atoms with Crippen molar-refractivity contribution < 1.29 is 18.3 Å². The lowest BCUT2D eigenvalue weighted by molar-refractivity contribution is 0.205. The highest BCUT2D eigenvalue weighted by molar-refractivity contribution is 6.36. The van der Waals surface area contributed by atoms with E-state index in [1.54, 1.807) is 24.4 Å². The van der Waals surface area contributed by atoms with E-state index in [0.29, 0.717) is 30.5 Å². The number of anilines is 1. The summed E-state index contributed by atoms with van der Waals surface area (Å²) < 4.78 is 26.1. The van der Waals surface area contributed by atoms with E-state index in [0.717, 1.165) is 11.1 Å². The molecule has 4 rings (SSSR count). The lowest BCUT2D eigenvalue weighted by Gasteiger charge is -2.25. The number of nitrogen functional groups attached to an aromatic ring is 1. The van der Waals surface area contributed by atoms with Gasteiger partial charge >= 0.3 is 6.03 Å². The summed E-state index contributed by atoms with van der Waals surface area (Å²) in [7, 11) is 1.60. The molecule has 0 bridgehead atoms. The molecule has 0 aliphatic carbocycles. The van der Waals surface area contributed by atoms with Gasteiger partial charge in [-0.1, -0.05) is 29.3 Å². The maximum atomic E-state index is 14.2. The Bertz CT molecular complexity index is 1330. The van der Waals surface area contributed by atoms with Crippen molar-refractivity contribution in [2.75, 3.05) is 25.9 Å². The quantitative estimate of drug-likeness (QED) is 0.358. The molecule has 1 aliphatic rings. The van der Waals surface area contributed by atoms with Crippen molar-refractivity contribution in [2.24, 2.45) is 0 Å². The number of halogens is 3. The average molecular weight is 503 g/mol. The molecule has 10 heteroatoms. The molecule has 34 heavy (non-hydrogen) atoms. The fourth-order valence-corrected chi connectivity index (χ4v) is 4.50. The number of hydrogen-bond acceptors (Lipinski definition) is 5. The second-order valence-electron chi connectivity index (χ2n) is 7.62. The van der Waals surface area contributed by atoms with Gasteiger partial charge in [-0.25, -0.2) is 14.2 Å². The molecular weight excluding hydrogens is 482 g/mol. The number of hydrogen-bond donors (Lipinski definition) is 2. The molecule has 0 saturated carbocycles. The second kappa shape index (κ2) is 9.84. The van der Waals surface area contributed by atoms with E-state index in [-0.39, 0.29) is 39.6 Å². The zero-order valence-corrected chi connectivity index (χ0v) is 19.7. The summed E-state index contributed by atoms with van der Waals surface area (Å²) in [5.74, 6) is 2.08. The Morgan fingerprint density at radius 1 is 1.47 bits per heavy atom. The number of rotatable bonds is 5. The van der Waals surface area contributed by atoms with Gasteiger partial charge in [-0.15, -0.1) is 12.3 Å². The highest BCUT2D eigenvalue weighted by atomic mass is 35.5. The Kier molecular flexibility index (Phi) is 6.87. The molecule has 2 aromatic heterocycles. The first-order valence-electron chi connectivity index (χ1n) is 10.4. The maximum absolute atomic E-state index is 14.2. The molecule has 3 heterocycles. The average Bonchev–Trinajstić information content (AvgIpc) is 3.27. The summed E-state index contributed by atoms with van der Waals surface area (Å²) in [6, 6.07) is 2.42. The van der Waals surface area contributed by atoms with Crippen LogP contribution in [0.5, 0.6) is 5.75 Å². The van der Waals surface area contributed by atoms with Gasteiger partial charge in [-0.05, 0) is 24.1 Å². The molecule has 2 amide bonds. The topological polar surface area (TPSA) is 93.6 Å². The van der Waals surface area contributed by atoms with Gasteiger partial charge in [-0.2, -0.15) is 0 Å². The number of aromatic nitrogens is 1. The second-order valence-corrected chi connectivity index (χ2v) is 8.40. The minimum Gasteiger partial charge on any atom is -0.477 e. The standard InChI is InChI=1S/C24H21Cl2FN4O3/c1-3-4-18(19-16(25)5-6-17(27)20(19)26)34-22-21-14(11-30-23(22)28)15(12-33-21)13-7-9-31(10-8-13)24(32)29-2/h1,5-7,11-12,18H,4,8-10H2,2H3,(H2,28,30)(H,29,32). The smallest absolute Gasteiger partial charge is 0.317 e. The Morgan fingerprint density at radius 2 is 2.26 bits per heavy atom. The molecule has 7 nitrogen and oxygen atoms in total. The summed E-state index contributed by atoms with van der Waals surface area (Å²) in [5.41, 5.74) is 8.52. The van der Waals surface area contributed by atoms with Gasteiger partial charge in [0.05, 0.1) is 23.1 Å². The van der Waals surface area contributed by atoms with Crippen LogP contribution in [0.1, 0.15) is 30.1 Å². The lowest BCUT2D eigenvalue weighted by atomic mass is 9.99. The van der Waals surface area contributed by atoms with E-state index in [1.165, 1.54) is 12.1 Å². The Balaban J connectivity index is 1.72. The van der Waals surface area contributed by atoms with E-state index in [1.807, 2.05) is 6.08 Å². The van der Waals surface area contributed by atoms with E-state index >= 15 is 0 Å². The van der Waals surface area contributed by atoms with E-state index in [9.17, 15) is 9.18 Å². The summed E-state index contributed by atoms with van der Waals surface area (Å²) in [6.45, 7) is 1.03. The van der Waals surface area contributed by atoms with Gasteiger partial charge in [0.25, 0.3) is 0 Å². The summed E-state index contributed by atoms with van der Waals surface area (Å²) >= 11 is 12.5. The van der Waals surface area contributed by atoms with Gasteiger partial charge in [0.15, 0.2) is 11.4 Å². The van der Waals surface area contributed by atoms with Crippen LogP contribution in [0, 0.1) is 18.2 Å². The lowest BCUT2D eigenvalue weighted by Crippen LogP contribution is -2.40. The monoisotopic (exact) mass is 502 g/mol. The van der Waals surface area contributed by atoms with E-state index in [2.05, 4.69) is 16.2 Å². The fraction of sp³-hybridized carbons (Fsp3) is 0.250. The Labute approximate surface area is 205 Å². The van der Waals surface area contributed by atoms with E-state index in [4.69, 9.17) is 44.5 Å². The molecular formula is C24H21Cl2FN4O3. The van der Waals surface area contributed by atoms with Gasteiger partial charge in [0.2, 0.25) is 5.75 Å². The number of terminal acetylenes is 1. The maximum Gasteiger partial charge on any atom is 0.317 e. The molecule has 1 unspecified atom stereocenters. The number of nitrogens with zero attached hydrogens (tertiary/aromatic N) is 2. The molecule has 0 spiro atoms. The minimum absolute atomic E-state index is 0.0484. The molecule has 0 fully saturated rings. The largest absolute Gasteiger partial charge is 0.477 e. The number of carbonyl (C=O) groups is 1. The normalized spacial score (nSPS) is 14.4. The van der Waals surface area contributed by atoms with Crippen molar-refractivity contribution in [2.45, 2.75) is 18.9 Å². The summed E-state index contributed by atoms with van der Waals surface area (Å²) in [6.07, 6.45) is 10.5. The van der Waals surface area contributed by atoms with Crippen molar-refractivity contribution in [3.63, 3.8) is 0 Å². The molecule has 3 aromatic rings. The zero-order valence-electron chi connectivity index (χ0n) is 18.2. The van der Waals surface area contributed by atoms with Crippen LogP contribution in [0.2, 0.25) is 10.0 Å². The number of pyridine rings is 1. The number of furan rings is 1.